The molecule has 0 N–H and O–H groups in total. The molecule has 0 spiro atoms. The third-order valence-electron chi connectivity index (χ3n) is 1.92. The zero-order chi connectivity index (χ0) is 10.1. The molecule has 0 aromatic rings. The SMILES string of the molecule is CCCCC(S)OC(S)CCCC. The van der Waals surface area contributed by atoms with Crippen molar-refractivity contribution < 1.29 is 4.74 Å². The molecule has 80 valence electrons. The van der Waals surface area contributed by atoms with E-state index in [4.69, 9.17) is 4.74 Å². The molecule has 0 bridgehead atoms. The van der Waals surface area contributed by atoms with Crippen molar-refractivity contribution in [3.05, 3.63) is 0 Å². The van der Waals surface area contributed by atoms with E-state index in [1.165, 1.54) is 25.7 Å². The van der Waals surface area contributed by atoms with E-state index in [0.717, 1.165) is 12.8 Å². The molecule has 1 nitrogen and oxygen atoms in total. The Bertz CT molecular complexity index is 97.1. The van der Waals surface area contributed by atoms with Crippen LogP contribution in [0, 0.1) is 0 Å². The Balaban J connectivity index is 3.35. The Morgan fingerprint density at radius 1 is 0.923 bits per heavy atom. The van der Waals surface area contributed by atoms with Crippen molar-refractivity contribution in [3.8, 4) is 0 Å². The van der Waals surface area contributed by atoms with Gasteiger partial charge < -0.3 is 4.74 Å². The molecule has 3 heteroatoms. The summed E-state index contributed by atoms with van der Waals surface area (Å²) in [5, 5.41) is 0. The van der Waals surface area contributed by atoms with Crippen LogP contribution in [0.4, 0.5) is 0 Å². The van der Waals surface area contributed by atoms with Crippen molar-refractivity contribution >= 4 is 25.3 Å². The van der Waals surface area contributed by atoms with E-state index in [-0.39, 0.29) is 10.9 Å². The minimum Gasteiger partial charge on any atom is -0.354 e. The van der Waals surface area contributed by atoms with E-state index in [1.54, 1.807) is 0 Å². The lowest BCUT2D eigenvalue weighted by Crippen LogP contribution is -2.13. The normalized spacial score (nSPS) is 15.7. The van der Waals surface area contributed by atoms with Gasteiger partial charge in [-0.15, -0.1) is 25.3 Å². The first-order valence-corrected chi connectivity index (χ1v) is 6.25. The summed E-state index contributed by atoms with van der Waals surface area (Å²) in [6, 6.07) is 0. The molecule has 0 aliphatic heterocycles. The van der Waals surface area contributed by atoms with Gasteiger partial charge in [0, 0.05) is 0 Å². The number of unbranched alkanes of at least 4 members (excludes halogenated alkanes) is 2. The molecule has 0 aliphatic carbocycles. The summed E-state index contributed by atoms with van der Waals surface area (Å²) in [7, 11) is 0. The van der Waals surface area contributed by atoms with Gasteiger partial charge in [0.05, 0.1) is 0 Å². The van der Waals surface area contributed by atoms with Crippen LogP contribution < -0.4 is 0 Å². The van der Waals surface area contributed by atoms with Gasteiger partial charge in [0.1, 0.15) is 10.9 Å². The lowest BCUT2D eigenvalue weighted by molar-refractivity contribution is 0.0816. The van der Waals surface area contributed by atoms with Gasteiger partial charge in [-0.25, -0.2) is 0 Å². The fourth-order valence-electron chi connectivity index (χ4n) is 1.07. The molecule has 0 amide bonds. The van der Waals surface area contributed by atoms with E-state index in [0.29, 0.717) is 0 Å². The molecule has 13 heavy (non-hydrogen) atoms. The summed E-state index contributed by atoms with van der Waals surface area (Å²) in [6.45, 7) is 4.35. The Hall–Kier alpha value is 0.660. The van der Waals surface area contributed by atoms with Crippen LogP contribution in [0.1, 0.15) is 52.4 Å². The molecular weight excluding hydrogens is 200 g/mol. The van der Waals surface area contributed by atoms with Crippen LogP contribution in [0.15, 0.2) is 0 Å². The maximum Gasteiger partial charge on any atom is 0.101 e. The van der Waals surface area contributed by atoms with Crippen LogP contribution in [-0.2, 0) is 4.74 Å². The topological polar surface area (TPSA) is 9.23 Å². The number of thiol groups is 2. The summed E-state index contributed by atoms with van der Waals surface area (Å²) in [6.07, 6.45) is 6.83. The summed E-state index contributed by atoms with van der Waals surface area (Å²) >= 11 is 8.71. The molecule has 0 radical (unpaired) electrons. The fourth-order valence-corrected chi connectivity index (χ4v) is 1.83. The standard InChI is InChI=1S/C10H22OS2/c1-3-5-7-9(12)11-10(13)8-6-4-2/h9-10,12-13H,3-8H2,1-2H3. The highest BCUT2D eigenvalue weighted by Gasteiger charge is 2.08. The minimum atomic E-state index is 0.0688. The third-order valence-corrected chi connectivity index (χ3v) is 2.68. The lowest BCUT2D eigenvalue weighted by atomic mass is 10.2. The zero-order valence-corrected chi connectivity index (χ0v) is 10.5. The van der Waals surface area contributed by atoms with Crippen molar-refractivity contribution in [2.24, 2.45) is 0 Å². The molecule has 2 unspecified atom stereocenters. The van der Waals surface area contributed by atoms with Gasteiger partial charge in [0.25, 0.3) is 0 Å². The van der Waals surface area contributed by atoms with Crippen molar-refractivity contribution in [2.45, 2.75) is 63.2 Å². The van der Waals surface area contributed by atoms with Gasteiger partial charge in [0.15, 0.2) is 0 Å². The Kier molecular flexibility index (Phi) is 9.69. The molecule has 0 saturated carbocycles. The maximum absolute atomic E-state index is 5.58. The molecule has 0 aliphatic rings. The smallest absolute Gasteiger partial charge is 0.101 e. The molecule has 0 fully saturated rings. The Morgan fingerprint density at radius 2 is 1.31 bits per heavy atom. The quantitative estimate of drug-likeness (QED) is 0.468. The average Bonchev–Trinajstić information content (AvgIpc) is 2.11. The van der Waals surface area contributed by atoms with Gasteiger partial charge in [0.2, 0.25) is 0 Å². The van der Waals surface area contributed by atoms with E-state index in [2.05, 4.69) is 39.1 Å². The Morgan fingerprint density at radius 3 is 1.62 bits per heavy atom. The highest BCUT2D eigenvalue weighted by molar-refractivity contribution is 7.81. The molecule has 0 aromatic carbocycles. The molecule has 0 aromatic heterocycles. The van der Waals surface area contributed by atoms with Crippen LogP contribution >= 0.6 is 25.3 Å². The second-order valence-corrected chi connectivity index (χ2v) is 4.48. The second kappa shape index (κ2) is 9.22. The summed E-state index contributed by atoms with van der Waals surface area (Å²) in [5.74, 6) is 0. The number of ether oxygens (including phenoxy) is 1. The van der Waals surface area contributed by atoms with Crippen molar-refractivity contribution in [1.82, 2.24) is 0 Å². The second-order valence-electron chi connectivity index (χ2n) is 3.33. The van der Waals surface area contributed by atoms with Crippen LogP contribution in [0.3, 0.4) is 0 Å². The van der Waals surface area contributed by atoms with Gasteiger partial charge in [-0.3, -0.25) is 0 Å². The van der Waals surface area contributed by atoms with Gasteiger partial charge in [-0.1, -0.05) is 39.5 Å². The predicted molar refractivity (Wildman–Crippen MR) is 65.7 cm³/mol. The van der Waals surface area contributed by atoms with Gasteiger partial charge in [-0.2, -0.15) is 0 Å². The largest absolute Gasteiger partial charge is 0.354 e. The van der Waals surface area contributed by atoms with E-state index < -0.39 is 0 Å². The van der Waals surface area contributed by atoms with Crippen LogP contribution in [-0.4, -0.2) is 10.9 Å². The number of hydrogen-bond acceptors (Lipinski definition) is 3. The van der Waals surface area contributed by atoms with E-state index in [9.17, 15) is 0 Å². The van der Waals surface area contributed by atoms with Crippen molar-refractivity contribution in [2.75, 3.05) is 0 Å². The predicted octanol–water partition coefficient (Wildman–Crippen LogP) is 3.90. The molecule has 2 atom stereocenters. The lowest BCUT2D eigenvalue weighted by Gasteiger charge is -2.17. The van der Waals surface area contributed by atoms with Crippen LogP contribution in [0.5, 0.6) is 0 Å². The summed E-state index contributed by atoms with van der Waals surface area (Å²) in [5.41, 5.74) is 0.138. The minimum absolute atomic E-state index is 0.0688. The highest BCUT2D eigenvalue weighted by Crippen LogP contribution is 2.16. The molecule has 0 saturated heterocycles. The average molecular weight is 222 g/mol. The van der Waals surface area contributed by atoms with E-state index >= 15 is 0 Å². The molecule has 0 heterocycles. The summed E-state index contributed by atoms with van der Waals surface area (Å²) < 4.78 is 5.58. The molecule has 0 rings (SSSR count). The first-order valence-electron chi connectivity index (χ1n) is 5.22. The summed E-state index contributed by atoms with van der Waals surface area (Å²) in [4.78, 5) is 0. The monoisotopic (exact) mass is 222 g/mol. The van der Waals surface area contributed by atoms with Crippen molar-refractivity contribution in [3.63, 3.8) is 0 Å². The Labute approximate surface area is 93.4 Å². The maximum atomic E-state index is 5.58. The highest BCUT2D eigenvalue weighted by atomic mass is 32.1. The molecular formula is C10H22OS2. The van der Waals surface area contributed by atoms with Gasteiger partial charge in [-0.05, 0) is 12.8 Å². The van der Waals surface area contributed by atoms with Crippen LogP contribution in [0.25, 0.3) is 0 Å². The zero-order valence-electron chi connectivity index (χ0n) is 8.70. The number of rotatable bonds is 8. The van der Waals surface area contributed by atoms with Crippen LogP contribution in [0.2, 0.25) is 0 Å². The number of hydrogen-bond donors (Lipinski definition) is 2. The van der Waals surface area contributed by atoms with Gasteiger partial charge >= 0.3 is 0 Å². The first-order chi connectivity index (χ1) is 6.20. The fraction of sp³-hybridized carbons (Fsp3) is 1.00. The van der Waals surface area contributed by atoms with E-state index in [1.807, 2.05) is 0 Å². The first kappa shape index (κ1) is 13.7. The third kappa shape index (κ3) is 8.98. The van der Waals surface area contributed by atoms with Crippen molar-refractivity contribution in [1.29, 1.82) is 0 Å².